The predicted octanol–water partition coefficient (Wildman–Crippen LogP) is 2.42. The Labute approximate surface area is 92.5 Å². The predicted molar refractivity (Wildman–Crippen MR) is 52.1 cm³/mol. The number of carboxylic acids is 1. The minimum absolute atomic E-state index is 0.0439. The molecule has 1 aromatic carbocycles. The lowest BCUT2D eigenvalue weighted by Gasteiger charge is -2.12. The Hall–Kier alpha value is -1.17. The minimum Gasteiger partial charge on any atom is -0.508 e. The van der Waals surface area contributed by atoms with Gasteiger partial charge in [-0.25, -0.2) is 4.79 Å². The fraction of sp³-hybridized carbons (Fsp3) is 0.222. The highest BCUT2D eigenvalue weighted by molar-refractivity contribution is 9.10. The van der Waals surface area contributed by atoms with Crippen LogP contribution in [0.25, 0.3) is 0 Å². The number of alkyl halides is 2. The molecule has 0 aromatic heterocycles. The number of phenolic OH excluding ortho intramolecular Hbond substituents is 1. The molecule has 2 N–H and O–H groups in total. The van der Waals surface area contributed by atoms with Crippen molar-refractivity contribution in [2.75, 3.05) is 0 Å². The van der Waals surface area contributed by atoms with Gasteiger partial charge >= 0.3 is 11.9 Å². The van der Waals surface area contributed by atoms with Crippen LogP contribution in [0.15, 0.2) is 22.7 Å². The van der Waals surface area contributed by atoms with Gasteiger partial charge in [-0.05, 0) is 23.8 Å². The monoisotopic (exact) mass is 280 g/mol. The van der Waals surface area contributed by atoms with E-state index in [-0.39, 0.29) is 11.3 Å². The Morgan fingerprint density at radius 1 is 1.47 bits per heavy atom. The van der Waals surface area contributed by atoms with Crippen LogP contribution >= 0.6 is 15.9 Å². The van der Waals surface area contributed by atoms with Gasteiger partial charge < -0.3 is 10.2 Å². The first-order valence-electron chi connectivity index (χ1n) is 3.91. The summed E-state index contributed by atoms with van der Waals surface area (Å²) in [5.41, 5.74) is 0.0439. The third-order valence-electron chi connectivity index (χ3n) is 1.75. The van der Waals surface area contributed by atoms with Crippen LogP contribution in [0.4, 0.5) is 8.78 Å². The number of rotatable bonds is 3. The summed E-state index contributed by atoms with van der Waals surface area (Å²) in [4.78, 5) is 10.2. The van der Waals surface area contributed by atoms with E-state index in [0.29, 0.717) is 4.47 Å². The standard InChI is InChI=1S/C9H7BrF2O3/c10-7-2-1-6(13)3-5(7)4-9(11,12)8(14)15/h1-3,13H,4H2,(H,14,15). The first-order valence-corrected chi connectivity index (χ1v) is 4.71. The summed E-state index contributed by atoms with van der Waals surface area (Å²) < 4.78 is 26.0. The molecule has 0 heterocycles. The van der Waals surface area contributed by atoms with E-state index in [9.17, 15) is 13.6 Å². The van der Waals surface area contributed by atoms with Crippen molar-refractivity contribution in [1.29, 1.82) is 0 Å². The van der Waals surface area contributed by atoms with Crippen LogP contribution in [0, 0.1) is 0 Å². The molecule has 0 saturated carbocycles. The first kappa shape index (κ1) is 11.9. The zero-order valence-corrected chi connectivity index (χ0v) is 8.96. The Balaban J connectivity index is 2.99. The molecule has 0 radical (unpaired) electrons. The Morgan fingerprint density at radius 2 is 2.07 bits per heavy atom. The van der Waals surface area contributed by atoms with Gasteiger partial charge in [-0.3, -0.25) is 0 Å². The number of phenols is 1. The van der Waals surface area contributed by atoms with E-state index in [0.717, 1.165) is 6.07 Å². The van der Waals surface area contributed by atoms with Crippen molar-refractivity contribution < 1.29 is 23.8 Å². The number of aromatic hydroxyl groups is 1. The fourth-order valence-corrected chi connectivity index (χ4v) is 1.40. The van der Waals surface area contributed by atoms with Gasteiger partial charge in [-0.2, -0.15) is 8.78 Å². The SMILES string of the molecule is O=C(O)C(F)(F)Cc1cc(O)ccc1Br. The van der Waals surface area contributed by atoms with Crippen molar-refractivity contribution in [3.8, 4) is 5.75 Å². The molecule has 82 valence electrons. The lowest BCUT2D eigenvalue weighted by atomic mass is 10.1. The molecule has 0 saturated heterocycles. The molecule has 15 heavy (non-hydrogen) atoms. The van der Waals surface area contributed by atoms with Crippen molar-refractivity contribution >= 4 is 21.9 Å². The van der Waals surface area contributed by atoms with Crippen molar-refractivity contribution in [2.45, 2.75) is 12.3 Å². The zero-order chi connectivity index (χ0) is 11.6. The summed E-state index contributed by atoms with van der Waals surface area (Å²) in [6.07, 6.45) is -0.961. The summed E-state index contributed by atoms with van der Waals surface area (Å²) in [5.74, 6) is -6.21. The van der Waals surface area contributed by atoms with Crippen molar-refractivity contribution in [3.05, 3.63) is 28.2 Å². The maximum atomic E-state index is 12.8. The third-order valence-corrected chi connectivity index (χ3v) is 2.53. The largest absolute Gasteiger partial charge is 0.508 e. The smallest absolute Gasteiger partial charge is 0.374 e. The van der Waals surface area contributed by atoms with Gasteiger partial charge in [0.2, 0.25) is 0 Å². The fourth-order valence-electron chi connectivity index (χ4n) is 1.01. The van der Waals surface area contributed by atoms with Gasteiger partial charge in [0.1, 0.15) is 5.75 Å². The summed E-state index contributed by atoms with van der Waals surface area (Å²) in [7, 11) is 0. The topological polar surface area (TPSA) is 57.5 Å². The number of halogens is 3. The van der Waals surface area contributed by atoms with E-state index >= 15 is 0 Å². The van der Waals surface area contributed by atoms with E-state index in [2.05, 4.69) is 15.9 Å². The second-order valence-corrected chi connectivity index (χ2v) is 3.82. The normalized spacial score (nSPS) is 11.4. The number of hydrogen-bond donors (Lipinski definition) is 2. The number of carboxylic acid groups (broad SMARTS) is 1. The van der Waals surface area contributed by atoms with Crippen LogP contribution in [0.5, 0.6) is 5.75 Å². The molecule has 0 aliphatic heterocycles. The van der Waals surface area contributed by atoms with E-state index in [1.807, 2.05) is 0 Å². The molecule has 0 bridgehead atoms. The molecule has 0 fully saturated rings. The minimum atomic E-state index is -3.84. The Kier molecular flexibility index (Phi) is 3.28. The second-order valence-electron chi connectivity index (χ2n) is 2.96. The van der Waals surface area contributed by atoms with Crippen molar-refractivity contribution in [3.63, 3.8) is 0 Å². The van der Waals surface area contributed by atoms with Crippen LogP contribution in [-0.4, -0.2) is 22.1 Å². The van der Waals surface area contributed by atoms with Crippen LogP contribution in [0.3, 0.4) is 0 Å². The quantitative estimate of drug-likeness (QED) is 0.894. The van der Waals surface area contributed by atoms with Crippen LogP contribution in [0.2, 0.25) is 0 Å². The van der Waals surface area contributed by atoms with E-state index in [4.69, 9.17) is 10.2 Å². The molecule has 1 rings (SSSR count). The molecule has 3 nitrogen and oxygen atoms in total. The number of carbonyl (C=O) groups is 1. The van der Waals surface area contributed by atoms with Crippen molar-refractivity contribution in [1.82, 2.24) is 0 Å². The van der Waals surface area contributed by atoms with E-state index in [1.54, 1.807) is 0 Å². The van der Waals surface area contributed by atoms with E-state index in [1.165, 1.54) is 12.1 Å². The summed E-state index contributed by atoms with van der Waals surface area (Å²) >= 11 is 2.99. The molecule has 0 amide bonds. The highest BCUT2D eigenvalue weighted by Crippen LogP contribution is 2.28. The van der Waals surface area contributed by atoms with Gasteiger partial charge in [-0.15, -0.1) is 0 Å². The summed E-state index contributed by atoms with van der Waals surface area (Å²) in [5, 5.41) is 17.3. The Bertz CT molecular complexity index is 393. The third kappa shape index (κ3) is 2.89. The molecule has 1 aromatic rings. The molecule has 0 atom stereocenters. The van der Waals surface area contributed by atoms with Gasteiger partial charge in [0.05, 0.1) is 0 Å². The Morgan fingerprint density at radius 3 is 2.60 bits per heavy atom. The lowest BCUT2D eigenvalue weighted by Crippen LogP contribution is -2.30. The summed E-state index contributed by atoms with van der Waals surface area (Å²) in [6, 6.07) is 3.79. The van der Waals surface area contributed by atoms with Crippen LogP contribution in [-0.2, 0) is 11.2 Å². The molecule has 0 aliphatic rings. The van der Waals surface area contributed by atoms with Crippen molar-refractivity contribution in [2.24, 2.45) is 0 Å². The average Bonchev–Trinajstić information content (AvgIpc) is 2.10. The maximum absolute atomic E-state index is 12.8. The van der Waals surface area contributed by atoms with Crippen LogP contribution in [0.1, 0.15) is 5.56 Å². The number of aliphatic carboxylic acids is 1. The second kappa shape index (κ2) is 4.14. The number of hydrogen-bond acceptors (Lipinski definition) is 2. The average molecular weight is 281 g/mol. The number of benzene rings is 1. The van der Waals surface area contributed by atoms with Crippen LogP contribution < -0.4 is 0 Å². The molecular weight excluding hydrogens is 274 g/mol. The highest BCUT2D eigenvalue weighted by Gasteiger charge is 2.39. The van der Waals surface area contributed by atoms with Gasteiger partial charge in [-0.1, -0.05) is 15.9 Å². The molecule has 0 unspecified atom stereocenters. The first-order chi connectivity index (χ1) is 6.83. The lowest BCUT2D eigenvalue weighted by molar-refractivity contribution is -0.164. The van der Waals surface area contributed by atoms with E-state index < -0.39 is 18.3 Å². The zero-order valence-electron chi connectivity index (χ0n) is 7.38. The molecule has 0 spiro atoms. The summed E-state index contributed by atoms with van der Waals surface area (Å²) in [6.45, 7) is 0. The van der Waals surface area contributed by atoms with Gasteiger partial charge in [0.25, 0.3) is 0 Å². The van der Waals surface area contributed by atoms with Gasteiger partial charge in [0, 0.05) is 10.9 Å². The molecule has 0 aliphatic carbocycles. The molecular formula is C9H7BrF2O3. The maximum Gasteiger partial charge on any atom is 0.374 e. The van der Waals surface area contributed by atoms with Gasteiger partial charge in [0.15, 0.2) is 0 Å². The molecule has 6 heteroatoms. The highest BCUT2D eigenvalue weighted by atomic mass is 79.9.